The first-order valence-corrected chi connectivity index (χ1v) is 11.6. The number of amides is 1. The minimum atomic E-state index is -4.51. The molecule has 0 unspecified atom stereocenters. The summed E-state index contributed by atoms with van der Waals surface area (Å²) in [6.07, 6.45) is 0.554. The Hall–Kier alpha value is -3.63. The summed E-state index contributed by atoms with van der Waals surface area (Å²) in [6, 6.07) is 6.06. The van der Waals surface area contributed by atoms with E-state index < -0.39 is 42.5 Å². The van der Waals surface area contributed by atoms with E-state index in [2.05, 4.69) is 19.9 Å². The van der Waals surface area contributed by atoms with Gasteiger partial charge in [0, 0.05) is 30.4 Å². The summed E-state index contributed by atoms with van der Waals surface area (Å²) in [4.78, 5) is 32.2. The molecule has 3 fully saturated rings. The van der Waals surface area contributed by atoms with E-state index in [0.29, 0.717) is 36.1 Å². The van der Waals surface area contributed by atoms with E-state index in [1.54, 1.807) is 37.5 Å². The van der Waals surface area contributed by atoms with Crippen LogP contribution >= 0.6 is 0 Å². The number of fused-ring (bicyclic) bond motifs is 3. The Morgan fingerprint density at radius 3 is 2.56 bits per heavy atom. The van der Waals surface area contributed by atoms with Crippen molar-refractivity contribution < 1.29 is 27.1 Å². The smallest absolute Gasteiger partial charge is 0.417 e. The van der Waals surface area contributed by atoms with Crippen molar-refractivity contribution in [3.63, 3.8) is 0 Å². The molecule has 1 amide bonds. The fourth-order valence-electron chi connectivity index (χ4n) is 5.15. The molecule has 2 saturated heterocycles. The molecule has 2 bridgehead atoms. The monoisotopic (exact) mass is 501 g/mol. The molecule has 6 rings (SSSR count). The van der Waals surface area contributed by atoms with Crippen molar-refractivity contribution in [3.8, 4) is 17.3 Å². The van der Waals surface area contributed by atoms with Crippen LogP contribution in [0.15, 0.2) is 48.9 Å². The van der Waals surface area contributed by atoms with Crippen LogP contribution < -0.4 is 4.74 Å². The number of hydrogen-bond acceptors (Lipinski definition) is 6. The van der Waals surface area contributed by atoms with Gasteiger partial charge in [-0.2, -0.15) is 13.2 Å². The van der Waals surface area contributed by atoms with Crippen LogP contribution in [0.3, 0.4) is 0 Å². The normalized spacial score (nSPS) is 23.5. The minimum absolute atomic E-state index is 0.0248. The lowest BCUT2D eigenvalue weighted by molar-refractivity contribution is -0.137. The van der Waals surface area contributed by atoms with Crippen molar-refractivity contribution in [1.82, 2.24) is 24.8 Å². The van der Waals surface area contributed by atoms with E-state index in [4.69, 9.17) is 4.74 Å². The molecule has 3 aromatic heterocycles. The van der Waals surface area contributed by atoms with E-state index in [-0.39, 0.29) is 17.5 Å². The van der Waals surface area contributed by atoms with Crippen LogP contribution in [0, 0.1) is 12.8 Å². The van der Waals surface area contributed by atoms with Crippen molar-refractivity contribution >= 4 is 5.91 Å². The molecular weight excluding hydrogens is 478 g/mol. The maximum atomic E-state index is 14.3. The number of aryl methyl sites for hydroxylation is 1. The second kappa shape index (κ2) is 9.44. The molecule has 2 aliphatic heterocycles. The highest BCUT2D eigenvalue weighted by atomic mass is 19.4. The number of carbonyl (C=O) groups is 1. The van der Waals surface area contributed by atoms with Crippen molar-refractivity contribution in [2.24, 2.45) is 5.92 Å². The predicted octanol–water partition coefficient (Wildman–Crippen LogP) is 4.67. The lowest BCUT2D eigenvalue weighted by atomic mass is 9.73. The molecular formula is C25H23F4N5O2. The first-order valence-electron chi connectivity index (χ1n) is 11.6. The molecule has 3 aromatic rings. The zero-order valence-corrected chi connectivity index (χ0v) is 19.3. The highest BCUT2D eigenvalue weighted by molar-refractivity contribution is 5.98. The summed E-state index contributed by atoms with van der Waals surface area (Å²) in [5, 5.41) is 0. The quantitative estimate of drug-likeness (QED) is 0.473. The van der Waals surface area contributed by atoms with Crippen molar-refractivity contribution in [2.75, 3.05) is 6.67 Å². The highest BCUT2D eigenvalue weighted by Gasteiger charge is 2.51. The number of ether oxygens (including phenoxy) is 1. The summed E-state index contributed by atoms with van der Waals surface area (Å²) in [5.41, 5.74) is 0.292. The number of carbonyl (C=O) groups excluding carboxylic acids is 1. The molecule has 11 heteroatoms. The first-order chi connectivity index (χ1) is 17.3. The molecule has 0 spiro atoms. The van der Waals surface area contributed by atoms with Crippen LogP contribution in [0.2, 0.25) is 0 Å². The molecule has 1 saturated carbocycles. The highest BCUT2D eigenvalue weighted by Crippen LogP contribution is 2.42. The molecule has 0 radical (unpaired) electrons. The van der Waals surface area contributed by atoms with Crippen molar-refractivity contribution in [1.29, 1.82) is 0 Å². The summed E-state index contributed by atoms with van der Waals surface area (Å²) < 4.78 is 58.9. The first kappa shape index (κ1) is 24.1. The molecule has 7 nitrogen and oxygen atoms in total. The maximum Gasteiger partial charge on any atom is 0.417 e. The SMILES string of the molecule is Cc1ccc(-c2ncccn2)c(C(=O)N2[C@H](CF)[C@@H]3CC[C@H]2[C@H](Oc2ccc(C(F)(F)F)cn2)C3)n1. The van der Waals surface area contributed by atoms with Crippen LogP contribution in [-0.2, 0) is 6.18 Å². The Morgan fingerprint density at radius 2 is 1.89 bits per heavy atom. The number of piperidine rings is 2. The topological polar surface area (TPSA) is 81.1 Å². The number of hydrogen-bond donors (Lipinski definition) is 0. The van der Waals surface area contributed by atoms with Gasteiger partial charge in [-0.05, 0) is 56.4 Å². The molecule has 0 N–H and O–H groups in total. The van der Waals surface area contributed by atoms with Gasteiger partial charge in [0.25, 0.3) is 5.91 Å². The standard InChI is InChI=1S/C25H23F4N5O2/c1-14-3-6-17(23-30-9-2-10-31-23)22(33-14)24(35)34-18-7-4-15(19(34)12-26)11-20(18)36-21-8-5-16(13-32-21)25(27,28)29/h2-3,5-6,8-10,13,15,18-20H,4,7,11-12H2,1H3/t15-,18+,19-,20-/m1/s1. The van der Waals surface area contributed by atoms with E-state index in [1.165, 1.54) is 4.90 Å². The molecule has 3 aliphatic rings. The Bertz CT molecular complexity index is 1240. The Labute approximate surface area is 204 Å². The summed E-state index contributed by atoms with van der Waals surface area (Å²) in [6.45, 7) is 1.03. The second-order valence-electron chi connectivity index (χ2n) is 9.03. The molecule has 4 atom stereocenters. The van der Waals surface area contributed by atoms with Crippen molar-refractivity contribution in [3.05, 3.63) is 65.9 Å². The maximum absolute atomic E-state index is 14.3. The number of halogens is 4. The van der Waals surface area contributed by atoms with Crippen LogP contribution in [0.1, 0.15) is 41.0 Å². The van der Waals surface area contributed by atoms with Gasteiger partial charge in [0.2, 0.25) is 5.88 Å². The van der Waals surface area contributed by atoms with Gasteiger partial charge in [-0.15, -0.1) is 0 Å². The zero-order valence-electron chi connectivity index (χ0n) is 19.3. The minimum Gasteiger partial charge on any atom is -0.472 e. The van der Waals surface area contributed by atoms with Gasteiger partial charge in [-0.3, -0.25) is 4.79 Å². The Kier molecular flexibility index (Phi) is 6.31. The Morgan fingerprint density at radius 1 is 1.11 bits per heavy atom. The fourth-order valence-corrected chi connectivity index (χ4v) is 5.15. The van der Waals surface area contributed by atoms with Crippen LogP contribution in [0.5, 0.6) is 5.88 Å². The van der Waals surface area contributed by atoms with Gasteiger partial charge in [-0.25, -0.2) is 24.3 Å². The molecule has 36 heavy (non-hydrogen) atoms. The summed E-state index contributed by atoms with van der Waals surface area (Å²) >= 11 is 0. The largest absolute Gasteiger partial charge is 0.472 e. The van der Waals surface area contributed by atoms with Crippen LogP contribution in [0.25, 0.3) is 11.4 Å². The Balaban J connectivity index is 1.46. The van der Waals surface area contributed by atoms with Gasteiger partial charge in [0.1, 0.15) is 18.5 Å². The van der Waals surface area contributed by atoms with Gasteiger partial charge < -0.3 is 9.64 Å². The lowest BCUT2D eigenvalue weighted by Crippen LogP contribution is -2.65. The molecule has 1 aliphatic carbocycles. The van der Waals surface area contributed by atoms with Crippen molar-refractivity contribution in [2.45, 2.75) is 50.6 Å². The second-order valence-corrected chi connectivity index (χ2v) is 9.03. The van der Waals surface area contributed by atoms with Gasteiger partial charge in [0.05, 0.1) is 23.2 Å². The molecule has 188 valence electrons. The van der Waals surface area contributed by atoms with E-state index in [9.17, 15) is 22.4 Å². The number of pyridine rings is 2. The third-order valence-electron chi connectivity index (χ3n) is 6.83. The van der Waals surface area contributed by atoms with Crippen LogP contribution in [-0.4, -0.2) is 55.6 Å². The van der Waals surface area contributed by atoms with Gasteiger partial charge >= 0.3 is 6.18 Å². The van der Waals surface area contributed by atoms with Gasteiger partial charge in [-0.1, -0.05) is 0 Å². The molecule has 0 aromatic carbocycles. The fraction of sp³-hybridized carbons (Fsp3) is 0.400. The number of rotatable bonds is 5. The van der Waals surface area contributed by atoms with Gasteiger partial charge in [0.15, 0.2) is 5.82 Å². The summed E-state index contributed by atoms with van der Waals surface area (Å²) in [5.74, 6) is -0.261. The lowest BCUT2D eigenvalue weighted by Gasteiger charge is -2.53. The average Bonchev–Trinajstić information content (AvgIpc) is 2.88. The predicted molar refractivity (Wildman–Crippen MR) is 121 cm³/mol. The van der Waals surface area contributed by atoms with E-state index in [1.807, 2.05) is 0 Å². The third kappa shape index (κ3) is 4.49. The third-order valence-corrected chi connectivity index (χ3v) is 6.83. The number of alkyl halides is 4. The number of aromatic nitrogens is 4. The summed E-state index contributed by atoms with van der Waals surface area (Å²) in [7, 11) is 0. The zero-order chi connectivity index (χ0) is 25.4. The van der Waals surface area contributed by atoms with E-state index >= 15 is 0 Å². The van der Waals surface area contributed by atoms with Crippen LogP contribution in [0.4, 0.5) is 17.6 Å². The number of nitrogens with zero attached hydrogens (tertiary/aromatic N) is 5. The van der Waals surface area contributed by atoms with E-state index in [0.717, 1.165) is 18.6 Å². The average molecular weight is 501 g/mol. The molecule has 5 heterocycles.